The number of rotatable bonds is 8. The molecule has 2 aromatic rings. The molecule has 2 rings (SSSR count). The molecule has 0 aliphatic carbocycles. The van der Waals surface area contributed by atoms with Crippen molar-refractivity contribution in [1.82, 2.24) is 10.2 Å². The monoisotopic (exact) mass is 398 g/mol. The van der Waals surface area contributed by atoms with Gasteiger partial charge in [0.05, 0.1) is 11.1 Å². The summed E-state index contributed by atoms with van der Waals surface area (Å²) < 4.78 is 18.6. The van der Waals surface area contributed by atoms with Gasteiger partial charge >= 0.3 is 0 Å². The van der Waals surface area contributed by atoms with Gasteiger partial charge in [-0.3, -0.25) is 4.79 Å². The first-order valence-corrected chi connectivity index (χ1v) is 8.88. The number of hydrogen-bond acceptors (Lipinski definition) is 3. The van der Waals surface area contributed by atoms with Crippen molar-refractivity contribution in [3.8, 4) is 5.75 Å². The molecular formula is C19H21Cl2FN2O2. The Morgan fingerprint density at radius 1 is 1.19 bits per heavy atom. The van der Waals surface area contributed by atoms with E-state index in [9.17, 15) is 9.18 Å². The van der Waals surface area contributed by atoms with Crippen molar-refractivity contribution >= 4 is 29.1 Å². The molecule has 0 aromatic heterocycles. The molecule has 140 valence electrons. The molecule has 1 amide bonds. The van der Waals surface area contributed by atoms with Gasteiger partial charge in [0.1, 0.15) is 11.6 Å². The minimum Gasteiger partial charge on any atom is -0.482 e. The van der Waals surface area contributed by atoms with Gasteiger partial charge in [0.15, 0.2) is 6.61 Å². The van der Waals surface area contributed by atoms with Crippen LogP contribution < -0.4 is 10.1 Å². The molecule has 0 aliphatic heterocycles. The van der Waals surface area contributed by atoms with Crippen LogP contribution in [-0.4, -0.2) is 38.1 Å². The SMILES string of the molecule is CN(C)CCC(NC(=O)COc1ccc(Cl)cc1Cl)c1ccc(F)cc1. The van der Waals surface area contributed by atoms with Crippen LogP contribution in [0.4, 0.5) is 4.39 Å². The zero-order valence-electron chi connectivity index (χ0n) is 14.6. The second-order valence-corrected chi connectivity index (χ2v) is 6.97. The highest BCUT2D eigenvalue weighted by atomic mass is 35.5. The van der Waals surface area contributed by atoms with Crippen molar-refractivity contribution < 1.29 is 13.9 Å². The second-order valence-electron chi connectivity index (χ2n) is 6.13. The Bertz CT molecular complexity index is 739. The molecular weight excluding hydrogens is 378 g/mol. The number of hydrogen-bond donors (Lipinski definition) is 1. The maximum atomic E-state index is 13.2. The summed E-state index contributed by atoms with van der Waals surface area (Å²) in [5.41, 5.74) is 0.839. The predicted octanol–water partition coefficient (Wildman–Crippen LogP) is 4.32. The maximum absolute atomic E-state index is 13.2. The largest absolute Gasteiger partial charge is 0.482 e. The van der Waals surface area contributed by atoms with Gasteiger partial charge in [-0.15, -0.1) is 0 Å². The van der Waals surface area contributed by atoms with E-state index in [1.165, 1.54) is 12.1 Å². The van der Waals surface area contributed by atoms with Gasteiger partial charge in [-0.25, -0.2) is 4.39 Å². The lowest BCUT2D eigenvalue weighted by Gasteiger charge is -2.21. The Morgan fingerprint density at radius 2 is 1.88 bits per heavy atom. The molecule has 0 aliphatic rings. The van der Waals surface area contributed by atoms with Crippen molar-refractivity contribution in [2.24, 2.45) is 0 Å². The van der Waals surface area contributed by atoms with Crippen molar-refractivity contribution in [3.05, 3.63) is 63.9 Å². The van der Waals surface area contributed by atoms with Crippen LogP contribution in [0.1, 0.15) is 18.0 Å². The Morgan fingerprint density at radius 3 is 2.50 bits per heavy atom. The number of amides is 1. The highest BCUT2D eigenvalue weighted by Crippen LogP contribution is 2.27. The van der Waals surface area contributed by atoms with Crippen LogP contribution in [0.3, 0.4) is 0 Å². The second kappa shape index (κ2) is 9.76. The highest BCUT2D eigenvalue weighted by molar-refractivity contribution is 6.35. The molecule has 0 heterocycles. The lowest BCUT2D eigenvalue weighted by Crippen LogP contribution is -2.34. The van der Waals surface area contributed by atoms with Gasteiger partial charge in [0, 0.05) is 5.02 Å². The lowest BCUT2D eigenvalue weighted by atomic mass is 10.0. The zero-order chi connectivity index (χ0) is 19.1. The normalized spacial score (nSPS) is 12.1. The smallest absolute Gasteiger partial charge is 0.258 e. The summed E-state index contributed by atoms with van der Waals surface area (Å²) in [6.07, 6.45) is 0.687. The molecule has 2 aromatic carbocycles. The summed E-state index contributed by atoms with van der Waals surface area (Å²) in [5.74, 6) is -0.214. The number of carbonyl (C=O) groups excluding carboxylic acids is 1. The molecule has 0 spiro atoms. The van der Waals surface area contributed by atoms with Gasteiger partial charge in [0.2, 0.25) is 0 Å². The molecule has 26 heavy (non-hydrogen) atoms. The summed E-state index contributed by atoms with van der Waals surface area (Å²) >= 11 is 11.9. The average Bonchev–Trinajstić information content (AvgIpc) is 2.58. The zero-order valence-corrected chi connectivity index (χ0v) is 16.1. The van der Waals surface area contributed by atoms with Crippen molar-refractivity contribution in [1.29, 1.82) is 0 Å². The Hall–Kier alpha value is -1.82. The summed E-state index contributed by atoms with van der Waals surface area (Å²) in [6, 6.07) is 10.7. The van der Waals surface area contributed by atoms with Gasteiger partial charge in [-0.2, -0.15) is 0 Å². The molecule has 0 saturated heterocycles. The Labute approximate surface area is 162 Å². The third kappa shape index (κ3) is 6.48. The first-order valence-electron chi connectivity index (χ1n) is 8.12. The summed E-state index contributed by atoms with van der Waals surface area (Å²) in [5, 5.41) is 3.76. The molecule has 0 bridgehead atoms. The first-order chi connectivity index (χ1) is 12.3. The van der Waals surface area contributed by atoms with Gasteiger partial charge in [-0.05, 0) is 63.0 Å². The maximum Gasteiger partial charge on any atom is 0.258 e. The highest BCUT2D eigenvalue weighted by Gasteiger charge is 2.16. The number of benzene rings is 2. The van der Waals surface area contributed by atoms with E-state index >= 15 is 0 Å². The standard InChI is InChI=1S/C19H21Cl2FN2O2/c1-24(2)10-9-17(13-3-6-15(22)7-4-13)23-19(25)12-26-18-8-5-14(20)11-16(18)21/h3-8,11,17H,9-10,12H2,1-2H3,(H,23,25). The summed E-state index contributed by atoms with van der Waals surface area (Å²) in [7, 11) is 3.91. The van der Waals surface area contributed by atoms with Crippen LogP contribution in [0.5, 0.6) is 5.75 Å². The molecule has 1 N–H and O–H groups in total. The molecule has 1 unspecified atom stereocenters. The van der Waals surface area contributed by atoms with E-state index in [2.05, 4.69) is 5.32 Å². The quantitative estimate of drug-likeness (QED) is 0.719. The number of ether oxygens (including phenoxy) is 1. The van der Waals surface area contributed by atoms with Crippen LogP contribution in [0.25, 0.3) is 0 Å². The van der Waals surface area contributed by atoms with Crippen molar-refractivity contribution in [3.63, 3.8) is 0 Å². The first kappa shape index (κ1) is 20.5. The van der Waals surface area contributed by atoms with E-state index in [1.54, 1.807) is 30.3 Å². The fourth-order valence-electron chi connectivity index (χ4n) is 2.38. The van der Waals surface area contributed by atoms with E-state index in [4.69, 9.17) is 27.9 Å². The summed E-state index contributed by atoms with van der Waals surface area (Å²) in [4.78, 5) is 14.3. The molecule has 7 heteroatoms. The summed E-state index contributed by atoms with van der Waals surface area (Å²) in [6.45, 7) is 0.590. The number of halogens is 3. The van der Waals surface area contributed by atoms with Crippen molar-refractivity contribution in [2.45, 2.75) is 12.5 Å². The third-order valence-corrected chi connectivity index (χ3v) is 4.26. The fraction of sp³-hybridized carbons (Fsp3) is 0.316. The molecule has 4 nitrogen and oxygen atoms in total. The van der Waals surface area contributed by atoms with Crippen LogP contribution in [0.15, 0.2) is 42.5 Å². The van der Waals surface area contributed by atoms with E-state index in [0.29, 0.717) is 22.2 Å². The predicted molar refractivity (Wildman–Crippen MR) is 102 cm³/mol. The van der Waals surface area contributed by atoms with Crippen molar-refractivity contribution in [2.75, 3.05) is 27.2 Å². The van der Waals surface area contributed by atoms with E-state index in [1.807, 2.05) is 19.0 Å². The van der Waals surface area contributed by atoms with Gasteiger partial charge in [0.25, 0.3) is 5.91 Å². The van der Waals surface area contributed by atoms with Gasteiger partial charge in [-0.1, -0.05) is 35.3 Å². The molecule has 0 fully saturated rings. The van der Waals surface area contributed by atoms with E-state index in [0.717, 1.165) is 12.1 Å². The number of carbonyl (C=O) groups is 1. The lowest BCUT2D eigenvalue weighted by molar-refractivity contribution is -0.123. The average molecular weight is 399 g/mol. The number of nitrogens with one attached hydrogen (secondary N) is 1. The van der Waals surface area contributed by atoms with Crippen LogP contribution in [0, 0.1) is 5.82 Å². The Balaban J connectivity index is 1.99. The molecule has 0 radical (unpaired) electrons. The van der Waals surface area contributed by atoms with Crippen LogP contribution >= 0.6 is 23.2 Å². The van der Waals surface area contributed by atoms with E-state index < -0.39 is 0 Å². The topological polar surface area (TPSA) is 41.6 Å². The minimum atomic E-state index is -0.313. The fourth-order valence-corrected chi connectivity index (χ4v) is 2.84. The minimum absolute atomic E-state index is 0.180. The Kier molecular flexibility index (Phi) is 7.69. The van der Waals surface area contributed by atoms with Gasteiger partial charge < -0.3 is 15.0 Å². The van der Waals surface area contributed by atoms with Crippen LogP contribution in [-0.2, 0) is 4.79 Å². The molecule has 1 atom stereocenters. The third-order valence-electron chi connectivity index (χ3n) is 3.73. The van der Waals surface area contributed by atoms with Crippen LogP contribution in [0.2, 0.25) is 10.0 Å². The van der Waals surface area contributed by atoms with E-state index in [-0.39, 0.29) is 24.4 Å². The molecule has 0 saturated carbocycles. The number of nitrogens with zero attached hydrogens (tertiary/aromatic N) is 1.